The monoisotopic (exact) mass is 376 g/mol. The summed E-state index contributed by atoms with van der Waals surface area (Å²) in [6.45, 7) is 1.59. The average molecular weight is 377 g/mol. The minimum absolute atomic E-state index is 0.0351. The van der Waals surface area contributed by atoms with Crippen LogP contribution < -0.4 is 9.47 Å². The molecular weight excluding hydrogens is 352 g/mol. The SMILES string of the molecule is COc1cc(CCC2CCN(C(=O)c3cc(Cl)c[nH]3)CC2)cc(OC)c1. The molecule has 0 spiro atoms. The normalized spacial score (nSPS) is 15.1. The van der Waals surface area contributed by atoms with Gasteiger partial charge in [0.2, 0.25) is 0 Å². The predicted octanol–water partition coefficient (Wildman–Crippen LogP) is 4.17. The average Bonchev–Trinajstić information content (AvgIpc) is 3.12. The van der Waals surface area contributed by atoms with Crippen molar-refractivity contribution in [3.8, 4) is 11.5 Å². The molecule has 6 heteroatoms. The van der Waals surface area contributed by atoms with Gasteiger partial charge in [0.25, 0.3) is 5.91 Å². The molecule has 0 radical (unpaired) electrons. The van der Waals surface area contributed by atoms with Gasteiger partial charge in [-0.25, -0.2) is 0 Å². The molecular formula is C20H25ClN2O3. The maximum atomic E-state index is 12.4. The van der Waals surface area contributed by atoms with E-state index < -0.39 is 0 Å². The van der Waals surface area contributed by atoms with Gasteiger partial charge in [-0.3, -0.25) is 4.79 Å². The second-order valence-corrected chi connectivity index (χ2v) is 7.16. The first-order valence-corrected chi connectivity index (χ1v) is 9.32. The van der Waals surface area contributed by atoms with Crippen molar-refractivity contribution >= 4 is 17.5 Å². The van der Waals surface area contributed by atoms with Crippen LogP contribution in [-0.4, -0.2) is 43.1 Å². The van der Waals surface area contributed by atoms with Crippen molar-refractivity contribution in [1.82, 2.24) is 9.88 Å². The molecule has 140 valence electrons. The number of nitrogens with one attached hydrogen (secondary N) is 1. The Morgan fingerprint density at radius 3 is 2.35 bits per heavy atom. The first-order valence-electron chi connectivity index (χ1n) is 8.94. The third kappa shape index (κ3) is 4.52. The summed E-state index contributed by atoms with van der Waals surface area (Å²) in [7, 11) is 3.34. The number of H-pyrrole nitrogens is 1. The summed E-state index contributed by atoms with van der Waals surface area (Å²) < 4.78 is 10.7. The van der Waals surface area contributed by atoms with Gasteiger partial charge in [-0.2, -0.15) is 0 Å². The zero-order valence-corrected chi connectivity index (χ0v) is 16.0. The highest BCUT2D eigenvalue weighted by Gasteiger charge is 2.24. The number of benzene rings is 1. The molecule has 1 amide bonds. The number of amides is 1. The second-order valence-electron chi connectivity index (χ2n) is 6.73. The van der Waals surface area contributed by atoms with Gasteiger partial charge in [0, 0.05) is 25.4 Å². The molecule has 2 aromatic rings. The molecule has 0 aliphatic carbocycles. The molecule has 1 aliphatic rings. The van der Waals surface area contributed by atoms with E-state index in [-0.39, 0.29) is 5.91 Å². The van der Waals surface area contributed by atoms with Crippen molar-refractivity contribution in [1.29, 1.82) is 0 Å². The highest BCUT2D eigenvalue weighted by atomic mass is 35.5. The maximum Gasteiger partial charge on any atom is 0.270 e. The summed E-state index contributed by atoms with van der Waals surface area (Å²) in [6, 6.07) is 7.71. The molecule has 1 fully saturated rings. The molecule has 0 saturated carbocycles. The van der Waals surface area contributed by atoms with Gasteiger partial charge in [0.1, 0.15) is 17.2 Å². The van der Waals surface area contributed by atoms with Crippen LogP contribution in [0.3, 0.4) is 0 Å². The highest BCUT2D eigenvalue weighted by Crippen LogP contribution is 2.27. The van der Waals surface area contributed by atoms with E-state index in [1.807, 2.05) is 11.0 Å². The fourth-order valence-corrected chi connectivity index (χ4v) is 3.63. The zero-order valence-electron chi connectivity index (χ0n) is 15.3. The molecule has 1 aliphatic heterocycles. The Labute approximate surface area is 159 Å². The number of aryl methyl sites for hydroxylation is 1. The van der Waals surface area contributed by atoms with Crippen LogP contribution in [0.1, 0.15) is 35.3 Å². The van der Waals surface area contributed by atoms with Crippen molar-refractivity contribution in [3.05, 3.63) is 46.7 Å². The fraction of sp³-hybridized carbons (Fsp3) is 0.450. The van der Waals surface area contributed by atoms with E-state index in [1.54, 1.807) is 26.5 Å². The number of aromatic nitrogens is 1. The number of methoxy groups -OCH3 is 2. The van der Waals surface area contributed by atoms with Crippen molar-refractivity contribution in [3.63, 3.8) is 0 Å². The van der Waals surface area contributed by atoms with Crippen LogP contribution in [0.4, 0.5) is 0 Å². The molecule has 1 saturated heterocycles. The van der Waals surface area contributed by atoms with Gasteiger partial charge >= 0.3 is 0 Å². The summed E-state index contributed by atoms with van der Waals surface area (Å²) in [5.41, 5.74) is 1.79. The smallest absolute Gasteiger partial charge is 0.270 e. The van der Waals surface area contributed by atoms with Gasteiger partial charge in [-0.1, -0.05) is 11.6 Å². The number of hydrogen-bond acceptors (Lipinski definition) is 3. The van der Waals surface area contributed by atoms with Crippen LogP contribution in [0.25, 0.3) is 0 Å². The molecule has 0 unspecified atom stereocenters. The van der Waals surface area contributed by atoms with E-state index in [4.69, 9.17) is 21.1 Å². The lowest BCUT2D eigenvalue weighted by Gasteiger charge is -2.31. The zero-order chi connectivity index (χ0) is 18.5. The fourth-order valence-electron chi connectivity index (χ4n) is 3.47. The van der Waals surface area contributed by atoms with E-state index in [9.17, 15) is 4.79 Å². The lowest BCUT2D eigenvalue weighted by molar-refractivity contribution is 0.0681. The van der Waals surface area contributed by atoms with Gasteiger partial charge in [0.15, 0.2) is 0 Å². The summed E-state index contributed by atoms with van der Waals surface area (Å²) >= 11 is 5.89. The molecule has 2 heterocycles. The summed E-state index contributed by atoms with van der Waals surface area (Å²) in [4.78, 5) is 17.3. The summed E-state index contributed by atoms with van der Waals surface area (Å²) in [6.07, 6.45) is 5.79. The number of rotatable bonds is 6. The van der Waals surface area contributed by atoms with Gasteiger partial charge in [-0.15, -0.1) is 0 Å². The van der Waals surface area contributed by atoms with Crippen molar-refractivity contribution in [2.75, 3.05) is 27.3 Å². The number of nitrogens with zero attached hydrogens (tertiary/aromatic N) is 1. The first-order chi connectivity index (χ1) is 12.6. The van der Waals surface area contributed by atoms with Gasteiger partial charge in [-0.05, 0) is 55.4 Å². The number of halogens is 1. The Morgan fingerprint density at radius 2 is 1.81 bits per heavy atom. The third-order valence-electron chi connectivity index (χ3n) is 5.03. The number of aromatic amines is 1. The lowest BCUT2D eigenvalue weighted by Crippen LogP contribution is -2.38. The van der Waals surface area contributed by atoms with E-state index in [2.05, 4.69) is 17.1 Å². The van der Waals surface area contributed by atoms with E-state index in [0.29, 0.717) is 16.6 Å². The van der Waals surface area contributed by atoms with Crippen LogP contribution in [-0.2, 0) is 6.42 Å². The van der Waals surface area contributed by atoms with Crippen LogP contribution in [0.15, 0.2) is 30.5 Å². The molecule has 0 atom stereocenters. The molecule has 3 rings (SSSR count). The Hall–Kier alpha value is -2.14. The van der Waals surface area contributed by atoms with Crippen LogP contribution in [0.5, 0.6) is 11.5 Å². The van der Waals surface area contributed by atoms with Crippen molar-refractivity contribution in [2.45, 2.75) is 25.7 Å². The summed E-state index contributed by atoms with van der Waals surface area (Å²) in [5, 5.41) is 0.567. The van der Waals surface area contributed by atoms with E-state index in [1.165, 1.54) is 5.56 Å². The Bertz CT molecular complexity index is 729. The molecule has 1 aromatic carbocycles. The lowest BCUT2D eigenvalue weighted by atomic mass is 9.90. The molecule has 26 heavy (non-hydrogen) atoms. The largest absolute Gasteiger partial charge is 0.497 e. The number of hydrogen-bond donors (Lipinski definition) is 1. The number of carbonyl (C=O) groups is 1. The minimum Gasteiger partial charge on any atom is -0.497 e. The quantitative estimate of drug-likeness (QED) is 0.823. The highest BCUT2D eigenvalue weighted by molar-refractivity contribution is 6.30. The maximum absolute atomic E-state index is 12.4. The molecule has 0 bridgehead atoms. The van der Waals surface area contributed by atoms with Gasteiger partial charge < -0.3 is 19.4 Å². The predicted molar refractivity (Wildman–Crippen MR) is 102 cm³/mol. The Morgan fingerprint density at radius 1 is 1.15 bits per heavy atom. The Balaban J connectivity index is 1.51. The summed E-state index contributed by atoms with van der Waals surface area (Å²) in [5.74, 6) is 2.31. The van der Waals surface area contributed by atoms with E-state index in [0.717, 1.165) is 50.3 Å². The third-order valence-corrected chi connectivity index (χ3v) is 5.25. The second kappa shape index (κ2) is 8.49. The van der Waals surface area contributed by atoms with Crippen LogP contribution >= 0.6 is 11.6 Å². The molecule has 1 aromatic heterocycles. The standard InChI is InChI=1S/C20H25ClN2O3/c1-25-17-9-15(10-18(12-17)26-2)4-3-14-5-7-23(8-6-14)20(24)19-11-16(21)13-22-19/h9-14,22H,3-8H2,1-2H3. The molecule has 1 N–H and O–H groups in total. The van der Waals surface area contributed by atoms with Crippen LogP contribution in [0, 0.1) is 5.92 Å². The number of likely N-dealkylation sites (tertiary alicyclic amines) is 1. The van der Waals surface area contributed by atoms with Gasteiger partial charge in [0.05, 0.1) is 19.2 Å². The van der Waals surface area contributed by atoms with Crippen molar-refractivity contribution in [2.24, 2.45) is 5.92 Å². The van der Waals surface area contributed by atoms with E-state index >= 15 is 0 Å². The number of piperidine rings is 1. The number of carbonyl (C=O) groups excluding carboxylic acids is 1. The number of ether oxygens (including phenoxy) is 2. The Kier molecular flexibility index (Phi) is 6.09. The minimum atomic E-state index is 0.0351. The van der Waals surface area contributed by atoms with Crippen molar-refractivity contribution < 1.29 is 14.3 Å². The topological polar surface area (TPSA) is 54.6 Å². The first kappa shape index (κ1) is 18.6. The molecule has 5 nitrogen and oxygen atoms in total. The van der Waals surface area contributed by atoms with Crippen LogP contribution in [0.2, 0.25) is 5.02 Å².